The topological polar surface area (TPSA) is 96.6 Å². The minimum atomic E-state index is -3.20. The highest BCUT2D eigenvalue weighted by Gasteiger charge is 2.27. The smallest absolute Gasteiger partial charge is 0.257 e. The SMILES string of the molecule is Cc1cc(N)c(C(=O)N2CCN(S(C)(=O)=O)CC2)cn1. The van der Waals surface area contributed by atoms with E-state index in [-0.39, 0.29) is 5.91 Å². The third-order valence-corrected chi connectivity index (χ3v) is 4.60. The Kier molecular flexibility index (Phi) is 3.96. The molecule has 1 aromatic rings. The summed E-state index contributed by atoms with van der Waals surface area (Å²) in [5.74, 6) is -0.205. The molecule has 0 radical (unpaired) electrons. The molecule has 2 rings (SSSR count). The first-order chi connectivity index (χ1) is 9.29. The summed E-state index contributed by atoms with van der Waals surface area (Å²) < 4.78 is 24.2. The number of aryl methyl sites for hydroxylation is 1. The van der Waals surface area contributed by atoms with Crippen LogP contribution in [0.2, 0.25) is 0 Å². The maximum Gasteiger partial charge on any atom is 0.257 e. The molecule has 1 aliphatic heterocycles. The van der Waals surface area contributed by atoms with Crippen LogP contribution >= 0.6 is 0 Å². The standard InChI is InChI=1S/C12H18N4O3S/c1-9-7-11(13)10(8-14-9)12(17)15-3-5-16(6-4-15)20(2,18)19/h7-8H,3-6H2,1-2H3,(H2,13,14). The molecule has 1 fully saturated rings. The molecule has 0 spiro atoms. The Bertz CT molecular complexity index is 622. The fraction of sp³-hybridized carbons (Fsp3) is 0.500. The van der Waals surface area contributed by atoms with Gasteiger partial charge in [-0.15, -0.1) is 0 Å². The summed E-state index contributed by atoms with van der Waals surface area (Å²) in [7, 11) is -3.20. The molecule has 0 saturated carbocycles. The van der Waals surface area contributed by atoms with E-state index in [1.54, 1.807) is 17.9 Å². The van der Waals surface area contributed by atoms with Crippen LogP contribution in [0.5, 0.6) is 0 Å². The number of carbonyl (C=O) groups is 1. The van der Waals surface area contributed by atoms with E-state index in [4.69, 9.17) is 5.73 Å². The predicted octanol–water partition coefficient (Wildman–Crippen LogP) is -0.310. The van der Waals surface area contributed by atoms with Crippen LogP contribution in [0.3, 0.4) is 0 Å². The van der Waals surface area contributed by atoms with E-state index in [1.807, 2.05) is 0 Å². The number of nitrogens with two attached hydrogens (primary N) is 1. The van der Waals surface area contributed by atoms with E-state index in [9.17, 15) is 13.2 Å². The van der Waals surface area contributed by atoms with Gasteiger partial charge in [-0.05, 0) is 13.0 Å². The van der Waals surface area contributed by atoms with Gasteiger partial charge in [-0.1, -0.05) is 0 Å². The molecular formula is C12H18N4O3S. The van der Waals surface area contributed by atoms with Gasteiger partial charge in [0.05, 0.1) is 11.8 Å². The molecule has 1 aliphatic rings. The Morgan fingerprint density at radius 1 is 1.30 bits per heavy atom. The van der Waals surface area contributed by atoms with Gasteiger partial charge in [-0.3, -0.25) is 9.78 Å². The highest BCUT2D eigenvalue weighted by Crippen LogP contribution is 2.16. The summed E-state index contributed by atoms with van der Waals surface area (Å²) in [6.07, 6.45) is 2.64. The van der Waals surface area contributed by atoms with Gasteiger partial charge in [0.1, 0.15) is 0 Å². The zero-order chi connectivity index (χ0) is 14.9. The largest absolute Gasteiger partial charge is 0.398 e. The number of amides is 1. The van der Waals surface area contributed by atoms with E-state index in [2.05, 4.69) is 4.98 Å². The van der Waals surface area contributed by atoms with Crippen LogP contribution in [0.1, 0.15) is 16.1 Å². The molecule has 0 unspecified atom stereocenters. The normalized spacial score (nSPS) is 17.2. The monoisotopic (exact) mass is 298 g/mol. The molecule has 2 heterocycles. The summed E-state index contributed by atoms with van der Waals surface area (Å²) in [4.78, 5) is 18.0. The number of anilines is 1. The van der Waals surface area contributed by atoms with Gasteiger partial charge < -0.3 is 10.6 Å². The van der Waals surface area contributed by atoms with Crippen molar-refractivity contribution in [3.63, 3.8) is 0 Å². The fourth-order valence-corrected chi connectivity index (χ4v) is 2.98. The van der Waals surface area contributed by atoms with Crippen LogP contribution in [0, 0.1) is 6.92 Å². The maximum atomic E-state index is 12.3. The highest BCUT2D eigenvalue weighted by molar-refractivity contribution is 7.88. The minimum Gasteiger partial charge on any atom is -0.398 e. The molecule has 7 nitrogen and oxygen atoms in total. The first kappa shape index (κ1) is 14.7. The van der Waals surface area contributed by atoms with Crippen molar-refractivity contribution in [1.82, 2.24) is 14.2 Å². The number of carbonyl (C=O) groups excluding carboxylic acids is 1. The average Bonchev–Trinajstić information content (AvgIpc) is 2.37. The van der Waals surface area contributed by atoms with E-state index < -0.39 is 10.0 Å². The highest BCUT2D eigenvalue weighted by atomic mass is 32.2. The average molecular weight is 298 g/mol. The lowest BCUT2D eigenvalue weighted by Gasteiger charge is -2.33. The molecule has 1 saturated heterocycles. The number of nitrogen functional groups attached to an aromatic ring is 1. The van der Waals surface area contributed by atoms with Gasteiger partial charge >= 0.3 is 0 Å². The van der Waals surface area contributed by atoms with Crippen molar-refractivity contribution in [2.24, 2.45) is 0 Å². The molecule has 1 aromatic heterocycles. The lowest BCUT2D eigenvalue weighted by molar-refractivity contribution is 0.0699. The van der Waals surface area contributed by atoms with Gasteiger partial charge in [0.15, 0.2) is 0 Å². The van der Waals surface area contributed by atoms with E-state index in [0.717, 1.165) is 5.69 Å². The third kappa shape index (κ3) is 3.07. The van der Waals surface area contributed by atoms with Crippen molar-refractivity contribution < 1.29 is 13.2 Å². The van der Waals surface area contributed by atoms with Crippen LogP contribution in [-0.2, 0) is 10.0 Å². The first-order valence-corrected chi connectivity index (χ1v) is 8.10. The molecular weight excluding hydrogens is 280 g/mol. The number of pyridine rings is 1. The Balaban J connectivity index is 2.09. The second-order valence-corrected chi connectivity index (χ2v) is 6.85. The number of nitrogens with zero attached hydrogens (tertiary/aromatic N) is 3. The van der Waals surface area contributed by atoms with Crippen molar-refractivity contribution in [3.8, 4) is 0 Å². The van der Waals surface area contributed by atoms with Crippen LogP contribution in [0.25, 0.3) is 0 Å². The zero-order valence-corrected chi connectivity index (χ0v) is 12.4. The lowest BCUT2D eigenvalue weighted by atomic mass is 10.2. The van der Waals surface area contributed by atoms with E-state index in [0.29, 0.717) is 37.4 Å². The number of piperazine rings is 1. The summed E-state index contributed by atoms with van der Waals surface area (Å²) in [5.41, 5.74) is 7.34. The lowest BCUT2D eigenvalue weighted by Crippen LogP contribution is -2.50. The predicted molar refractivity (Wildman–Crippen MR) is 75.7 cm³/mol. The molecule has 0 aliphatic carbocycles. The summed E-state index contributed by atoms with van der Waals surface area (Å²) in [6, 6.07) is 1.65. The Labute approximate surface area is 118 Å². The molecule has 0 atom stereocenters. The summed E-state index contributed by atoms with van der Waals surface area (Å²) >= 11 is 0. The fourth-order valence-electron chi connectivity index (χ4n) is 2.15. The molecule has 1 amide bonds. The number of hydrogen-bond donors (Lipinski definition) is 1. The Hall–Kier alpha value is -1.67. The molecule has 0 bridgehead atoms. The van der Waals surface area contributed by atoms with Crippen LogP contribution < -0.4 is 5.73 Å². The van der Waals surface area contributed by atoms with Crippen molar-refractivity contribution >= 4 is 21.6 Å². The van der Waals surface area contributed by atoms with Gasteiger partial charge in [0.2, 0.25) is 10.0 Å². The number of aromatic nitrogens is 1. The quantitative estimate of drug-likeness (QED) is 0.808. The van der Waals surface area contributed by atoms with E-state index in [1.165, 1.54) is 16.8 Å². The first-order valence-electron chi connectivity index (χ1n) is 6.25. The molecule has 2 N–H and O–H groups in total. The van der Waals surface area contributed by atoms with Crippen molar-refractivity contribution in [3.05, 3.63) is 23.5 Å². The van der Waals surface area contributed by atoms with Gasteiger partial charge in [-0.25, -0.2) is 8.42 Å². The Morgan fingerprint density at radius 2 is 1.90 bits per heavy atom. The number of rotatable bonds is 2. The zero-order valence-electron chi connectivity index (χ0n) is 11.5. The number of hydrogen-bond acceptors (Lipinski definition) is 5. The second kappa shape index (κ2) is 5.37. The maximum absolute atomic E-state index is 12.3. The minimum absolute atomic E-state index is 0.205. The molecule has 20 heavy (non-hydrogen) atoms. The van der Waals surface area contributed by atoms with Crippen LogP contribution in [0.15, 0.2) is 12.3 Å². The molecule has 110 valence electrons. The van der Waals surface area contributed by atoms with Crippen molar-refractivity contribution in [2.45, 2.75) is 6.92 Å². The van der Waals surface area contributed by atoms with Gasteiger partial charge in [-0.2, -0.15) is 4.31 Å². The molecule has 8 heteroatoms. The van der Waals surface area contributed by atoms with Gasteiger partial charge in [0.25, 0.3) is 5.91 Å². The summed E-state index contributed by atoms with van der Waals surface area (Å²) in [6.45, 7) is 3.14. The van der Waals surface area contributed by atoms with Gasteiger partial charge in [0, 0.05) is 43.8 Å². The van der Waals surface area contributed by atoms with E-state index >= 15 is 0 Å². The van der Waals surface area contributed by atoms with Crippen LogP contribution in [0.4, 0.5) is 5.69 Å². The van der Waals surface area contributed by atoms with Crippen molar-refractivity contribution in [1.29, 1.82) is 0 Å². The third-order valence-electron chi connectivity index (χ3n) is 3.30. The van der Waals surface area contributed by atoms with Crippen molar-refractivity contribution in [2.75, 3.05) is 38.2 Å². The number of sulfonamides is 1. The summed E-state index contributed by atoms with van der Waals surface area (Å²) in [5, 5.41) is 0. The second-order valence-electron chi connectivity index (χ2n) is 4.87. The van der Waals surface area contributed by atoms with Crippen LogP contribution in [-0.4, -0.2) is 60.9 Å². The molecule has 0 aromatic carbocycles. The Morgan fingerprint density at radius 3 is 2.40 bits per heavy atom.